The van der Waals surface area contributed by atoms with Gasteiger partial charge in [-0.2, -0.15) is 0 Å². The van der Waals surface area contributed by atoms with Crippen molar-refractivity contribution in [3.05, 3.63) is 60.9 Å². The van der Waals surface area contributed by atoms with Gasteiger partial charge in [-0.15, -0.1) is 0 Å². The molecule has 3 rings (SSSR count). The molecule has 0 unspecified atom stereocenters. The Bertz CT molecular complexity index is 868. The summed E-state index contributed by atoms with van der Waals surface area (Å²) in [6.07, 6.45) is 1.83. The summed E-state index contributed by atoms with van der Waals surface area (Å²) in [5, 5.41) is 3.50. The number of fused-ring (bicyclic) bond motifs is 1. The molecule has 0 bridgehead atoms. The van der Waals surface area contributed by atoms with E-state index in [0.717, 1.165) is 28.0 Å². The maximum atomic E-state index is 5.94. The van der Waals surface area contributed by atoms with Crippen LogP contribution in [0.1, 0.15) is 26.3 Å². The summed E-state index contributed by atoms with van der Waals surface area (Å²) in [5.41, 5.74) is 11.4. The molecule has 0 atom stereocenters. The van der Waals surface area contributed by atoms with Crippen molar-refractivity contribution < 1.29 is 0 Å². The van der Waals surface area contributed by atoms with E-state index in [1.54, 1.807) is 0 Å². The number of hydrogen-bond acceptors (Lipinski definition) is 3. The maximum Gasteiger partial charge on any atom is 0.100 e. The lowest BCUT2D eigenvalue weighted by Gasteiger charge is -2.22. The Hall–Kier alpha value is -2.75. The van der Waals surface area contributed by atoms with E-state index in [1.165, 1.54) is 0 Å². The van der Waals surface area contributed by atoms with E-state index in [1.807, 2.05) is 36.7 Å². The number of hydrogen-bond donors (Lipinski definition) is 2. The molecule has 0 spiro atoms. The zero-order chi connectivity index (χ0) is 16.6. The van der Waals surface area contributed by atoms with Gasteiger partial charge in [-0.3, -0.25) is 4.57 Å². The predicted octanol–water partition coefficient (Wildman–Crippen LogP) is 4.17. The second kappa shape index (κ2) is 5.47. The van der Waals surface area contributed by atoms with Gasteiger partial charge in [0.05, 0.1) is 16.7 Å². The van der Waals surface area contributed by atoms with Crippen molar-refractivity contribution in [3.8, 4) is 5.69 Å². The van der Waals surface area contributed by atoms with Crippen LogP contribution in [0.3, 0.4) is 0 Å². The molecule has 4 heteroatoms. The minimum atomic E-state index is 0.00196. The van der Waals surface area contributed by atoms with Crippen LogP contribution in [0.15, 0.2) is 55.4 Å². The zero-order valence-electron chi connectivity index (χ0n) is 13.8. The minimum absolute atomic E-state index is 0.00196. The molecule has 0 aliphatic heterocycles. The Balaban J connectivity index is 2.16. The molecule has 118 valence electrons. The first-order chi connectivity index (χ1) is 10.8. The summed E-state index contributed by atoms with van der Waals surface area (Å²) < 4.78 is 2.05. The van der Waals surface area contributed by atoms with Crippen LogP contribution in [0.4, 0.5) is 5.69 Å². The van der Waals surface area contributed by atoms with E-state index in [9.17, 15) is 0 Å². The van der Waals surface area contributed by atoms with Gasteiger partial charge in [0.15, 0.2) is 0 Å². The molecule has 0 saturated carbocycles. The van der Waals surface area contributed by atoms with Crippen molar-refractivity contribution in [1.82, 2.24) is 9.55 Å². The number of benzene rings is 2. The first kappa shape index (κ1) is 15.2. The molecule has 0 saturated heterocycles. The van der Waals surface area contributed by atoms with Crippen LogP contribution < -0.4 is 11.1 Å². The number of anilines is 1. The van der Waals surface area contributed by atoms with E-state index >= 15 is 0 Å². The lowest BCUT2D eigenvalue weighted by molar-refractivity contribution is 0.634. The molecule has 1 aromatic heterocycles. The lowest BCUT2D eigenvalue weighted by atomic mass is 10.1. The standard InChI is InChI=1S/C19H22N4/c1-13(20)15-7-5-6-8-17(15)23-12-21-16-10-9-14(11-18(16)23)22-19(2,3)4/h5-12,22H,1,20H2,2-4H3. The van der Waals surface area contributed by atoms with Crippen molar-refractivity contribution in [2.45, 2.75) is 26.3 Å². The van der Waals surface area contributed by atoms with Crippen molar-refractivity contribution >= 4 is 22.4 Å². The molecule has 3 N–H and O–H groups in total. The Morgan fingerprint density at radius 2 is 1.91 bits per heavy atom. The van der Waals surface area contributed by atoms with Gasteiger partial charge in [0.1, 0.15) is 6.33 Å². The van der Waals surface area contributed by atoms with Gasteiger partial charge in [0.2, 0.25) is 0 Å². The number of imidazole rings is 1. The van der Waals surface area contributed by atoms with Gasteiger partial charge in [0.25, 0.3) is 0 Å². The molecule has 0 radical (unpaired) electrons. The van der Waals surface area contributed by atoms with E-state index in [4.69, 9.17) is 5.73 Å². The number of rotatable bonds is 3. The molecular formula is C19H22N4. The molecule has 2 aromatic carbocycles. The van der Waals surface area contributed by atoms with Crippen molar-refractivity contribution in [2.75, 3.05) is 5.32 Å². The molecule has 23 heavy (non-hydrogen) atoms. The molecule has 0 aliphatic carbocycles. The third-order valence-corrected chi connectivity index (χ3v) is 3.58. The zero-order valence-corrected chi connectivity index (χ0v) is 13.8. The Morgan fingerprint density at radius 1 is 1.17 bits per heavy atom. The number of nitrogens with two attached hydrogens (primary N) is 1. The SMILES string of the molecule is C=C(N)c1ccccc1-n1cnc2ccc(NC(C)(C)C)cc21. The molecule has 0 fully saturated rings. The fourth-order valence-electron chi connectivity index (χ4n) is 2.67. The molecule has 3 aromatic rings. The van der Waals surface area contributed by atoms with Crippen molar-refractivity contribution in [3.63, 3.8) is 0 Å². The summed E-state index contributed by atoms with van der Waals surface area (Å²) in [7, 11) is 0. The number of para-hydroxylation sites is 1. The minimum Gasteiger partial charge on any atom is -0.399 e. The first-order valence-electron chi connectivity index (χ1n) is 7.64. The largest absolute Gasteiger partial charge is 0.399 e. The normalized spacial score (nSPS) is 11.6. The summed E-state index contributed by atoms with van der Waals surface area (Å²) in [6, 6.07) is 14.1. The first-order valence-corrected chi connectivity index (χ1v) is 7.64. The average molecular weight is 306 g/mol. The Kier molecular flexibility index (Phi) is 3.60. The van der Waals surface area contributed by atoms with Crippen molar-refractivity contribution in [2.24, 2.45) is 5.73 Å². The van der Waals surface area contributed by atoms with Gasteiger partial charge < -0.3 is 11.1 Å². The summed E-state index contributed by atoms with van der Waals surface area (Å²) >= 11 is 0. The van der Waals surface area contributed by atoms with Crippen LogP contribution in [-0.4, -0.2) is 15.1 Å². The molecule has 0 aliphatic rings. The topological polar surface area (TPSA) is 55.9 Å². The van der Waals surface area contributed by atoms with E-state index in [0.29, 0.717) is 5.70 Å². The molecule has 4 nitrogen and oxygen atoms in total. The van der Waals surface area contributed by atoms with Gasteiger partial charge in [-0.05, 0) is 45.0 Å². The highest BCUT2D eigenvalue weighted by atomic mass is 15.1. The molecular weight excluding hydrogens is 284 g/mol. The van der Waals surface area contributed by atoms with Crippen LogP contribution in [0, 0.1) is 0 Å². The fraction of sp³-hybridized carbons (Fsp3) is 0.211. The van der Waals surface area contributed by atoms with Crippen LogP contribution in [-0.2, 0) is 0 Å². The van der Waals surface area contributed by atoms with Gasteiger partial charge >= 0.3 is 0 Å². The van der Waals surface area contributed by atoms with Crippen LogP contribution >= 0.6 is 0 Å². The van der Waals surface area contributed by atoms with Crippen LogP contribution in [0.5, 0.6) is 0 Å². The number of nitrogens with zero attached hydrogens (tertiary/aromatic N) is 2. The summed E-state index contributed by atoms with van der Waals surface area (Å²) in [4.78, 5) is 4.50. The lowest BCUT2D eigenvalue weighted by Crippen LogP contribution is -2.25. The number of nitrogens with one attached hydrogen (secondary N) is 1. The fourth-order valence-corrected chi connectivity index (χ4v) is 2.67. The second-order valence-electron chi connectivity index (χ2n) is 6.74. The Morgan fingerprint density at radius 3 is 2.61 bits per heavy atom. The molecule has 0 amide bonds. The van der Waals surface area contributed by atoms with Crippen LogP contribution in [0.2, 0.25) is 0 Å². The highest BCUT2D eigenvalue weighted by Crippen LogP contribution is 2.26. The highest BCUT2D eigenvalue weighted by Gasteiger charge is 2.13. The third-order valence-electron chi connectivity index (χ3n) is 3.58. The monoisotopic (exact) mass is 306 g/mol. The third kappa shape index (κ3) is 3.06. The molecule has 1 heterocycles. The van der Waals surface area contributed by atoms with Crippen LogP contribution in [0.25, 0.3) is 22.4 Å². The van der Waals surface area contributed by atoms with E-state index < -0.39 is 0 Å². The van der Waals surface area contributed by atoms with Gasteiger partial charge in [0, 0.05) is 22.5 Å². The van der Waals surface area contributed by atoms with Gasteiger partial charge in [-0.25, -0.2) is 4.98 Å². The summed E-state index contributed by atoms with van der Waals surface area (Å²) in [6.45, 7) is 10.3. The summed E-state index contributed by atoms with van der Waals surface area (Å²) in [5.74, 6) is 0. The van der Waals surface area contributed by atoms with Crippen molar-refractivity contribution in [1.29, 1.82) is 0 Å². The number of aromatic nitrogens is 2. The van der Waals surface area contributed by atoms with Gasteiger partial charge in [-0.1, -0.05) is 24.8 Å². The average Bonchev–Trinajstić information content (AvgIpc) is 2.88. The Labute approximate surface area is 136 Å². The maximum absolute atomic E-state index is 5.94. The second-order valence-corrected chi connectivity index (χ2v) is 6.74. The smallest absolute Gasteiger partial charge is 0.100 e. The van der Waals surface area contributed by atoms with E-state index in [-0.39, 0.29) is 5.54 Å². The highest BCUT2D eigenvalue weighted by molar-refractivity contribution is 5.83. The quantitative estimate of drug-likeness (QED) is 0.763. The predicted molar refractivity (Wildman–Crippen MR) is 97.7 cm³/mol. The van der Waals surface area contributed by atoms with E-state index in [2.05, 4.69) is 54.4 Å².